The number of hydrogen-bond donors (Lipinski definition) is 2. The van der Waals surface area contributed by atoms with Gasteiger partial charge < -0.3 is 9.84 Å². The van der Waals surface area contributed by atoms with Gasteiger partial charge in [0.2, 0.25) is 5.78 Å². The third kappa shape index (κ3) is 3.78. The third-order valence-corrected chi connectivity index (χ3v) is 3.03. The molecule has 0 aliphatic carbocycles. The first-order chi connectivity index (χ1) is 10.5. The largest absolute Gasteiger partial charge is 0.497 e. The summed E-state index contributed by atoms with van der Waals surface area (Å²) in [7, 11) is 1.58. The van der Waals surface area contributed by atoms with E-state index in [9.17, 15) is 14.4 Å². The van der Waals surface area contributed by atoms with Crippen molar-refractivity contribution in [2.45, 2.75) is 12.8 Å². The number of aromatic amines is 1. The van der Waals surface area contributed by atoms with E-state index in [4.69, 9.17) is 9.84 Å². The number of H-pyrrole nitrogens is 1. The van der Waals surface area contributed by atoms with Crippen LogP contribution < -0.4 is 4.74 Å². The summed E-state index contributed by atoms with van der Waals surface area (Å²) >= 11 is 0. The van der Waals surface area contributed by atoms with E-state index >= 15 is 0 Å². The molecule has 0 saturated heterocycles. The maximum absolute atomic E-state index is 11.7. The van der Waals surface area contributed by atoms with Crippen LogP contribution in [0.15, 0.2) is 30.3 Å². The first-order valence-electron chi connectivity index (χ1n) is 6.46. The van der Waals surface area contributed by atoms with Gasteiger partial charge in [-0.15, -0.1) is 0 Å². The van der Waals surface area contributed by atoms with E-state index < -0.39 is 24.0 Å². The van der Waals surface area contributed by atoms with Crippen molar-refractivity contribution >= 4 is 17.5 Å². The zero-order chi connectivity index (χ0) is 16.1. The standard InChI is InChI=1S/C15H14N2O5/c1-22-11-4-2-9(3-5-11)6-10-7-12(17-16-10)13(18)8-14(19)15(20)21/h2-5,7H,6,8H2,1H3,(H,16,17)(H,20,21). The lowest BCUT2D eigenvalue weighted by Gasteiger charge is -2.01. The summed E-state index contributed by atoms with van der Waals surface area (Å²) in [6.45, 7) is 0. The van der Waals surface area contributed by atoms with Gasteiger partial charge in [-0.3, -0.25) is 14.7 Å². The third-order valence-electron chi connectivity index (χ3n) is 3.03. The topological polar surface area (TPSA) is 109 Å². The number of nitrogens with zero attached hydrogens (tertiary/aromatic N) is 1. The van der Waals surface area contributed by atoms with Gasteiger partial charge in [-0.05, 0) is 23.8 Å². The summed E-state index contributed by atoms with van der Waals surface area (Å²) in [5, 5.41) is 15.0. The second kappa shape index (κ2) is 6.66. The van der Waals surface area contributed by atoms with Gasteiger partial charge in [-0.1, -0.05) is 12.1 Å². The SMILES string of the molecule is COc1ccc(Cc2cc(C(=O)CC(=O)C(=O)O)n[nH]2)cc1. The van der Waals surface area contributed by atoms with E-state index in [1.165, 1.54) is 6.07 Å². The highest BCUT2D eigenvalue weighted by molar-refractivity contribution is 6.37. The summed E-state index contributed by atoms with van der Waals surface area (Å²) in [5.41, 5.74) is 1.74. The lowest BCUT2D eigenvalue weighted by atomic mass is 10.1. The predicted molar refractivity (Wildman–Crippen MR) is 76.0 cm³/mol. The number of benzene rings is 1. The van der Waals surface area contributed by atoms with Crippen LogP contribution in [0.5, 0.6) is 5.75 Å². The molecule has 0 aliphatic heterocycles. The number of Topliss-reactive ketones (excluding diaryl/α,β-unsaturated/α-hetero) is 2. The summed E-state index contributed by atoms with van der Waals surface area (Å²) in [4.78, 5) is 33.2. The highest BCUT2D eigenvalue weighted by atomic mass is 16.5. The molecule has 0 amide bonds. The van der Waals surface area contributed by atoms with E-state index in [-0.39, 0.29) is 5.69 Å². The van der Waals surface area contributed by atoms with Gasteiger partial charge in [-0.2, -0.15) is 5.10 Å². The Morgan fingerprint density at radius 3 is 2.50 bits per heavy atom. The van der Waals surface area contributed by atoms with Crippen molar-refractivity contribution in [2.75, 3.05) is 7.11 Å². The number of methoxy groups -OCH3 is 1. The Morgan fingerprint density at radius 2 is 1.91 bits per heavy atom. The van der Waals surface area contributed by atoms with Crippen LogP contribution in [0.1, 0.15) is 28.2 Å². The van der Waals surface area contributed by atoms with Gasteiger partial charge in [0.15, 0.2) is 5.78 Å². The maximum atomic E-state index is 11.7. The molecule has 2 aromatic rings. The lowest BCUT2D eigenvalue weighted by Crippen LogP contribution is -2.17. The fourth-order valence-electron chi connectivity index (χ4n) is 1.87. The van der Waals surface area contributed by atoms with Crippen LogP contribution in [0.4, 0.5) is 0 Å². The first kappa shape index (κ1) is 15.4. The summed E-state index contributed by atoms with van der Waals surface area (Å²) in [5.74, 6) is -2.65. The zero-order valence-electron chi connectivity index (χ0n) is 11.8. The molecule has 1 heterocycles. The summed E-state index contributed by atoms with van der Waals surface area (Å²) < 4.78 is 5.07. The molecule has 22 heavy (non-hydrogen) atoms. The van der Waals surface area contributed by atoms with E-state index in [0.29, 0.717) is 12.1 Å². The minimum atomic E-state index is -1.62. The quantitative estimate of drug-likeness (QED) is 0.452. The lowest BCUT2D eigenvalue weighted by molar-refractivity contribution is -0.148. The Kier molecular flexibility index (Phi) is 4.67. The van der Waals surface area contributed by atoms with Gasteiger partial charge in [0.1, 0.15) is 11.4 Å². The van der Waals surface area contributed by atoms with Crippen molar-refractivity contribution < 1.29 is 24.2 Å². The Morgan fingerprint density at radius 1 is 1.23 bits per heavy atom. The number of carbonyl (C=O) groups excluding carboxylic acids is 2. The fourth-order valence-corrected chi connectivity index (χ4v) is 1.87. The Bertz CT molecular complexity index is 703. The van der Waals surface area contributed by atoms with Crippen molar-refractivity contribution in [3.63, 3.8) is 0 Å². The molecule has 0 spiro atoms. The van der Waals surface area contributed by atoms with Gasteiger partial charge in [-0.25, -0.2) is 4.79 Å². The number of hydrogen-bond acceptors (Lipinski definition) is 5. The first-order valence-corrected chi connectivity index (χ1v) is 6.46. The average Bonchev–Trinajstić information content (AvgIpc) is 2.96. The van der Waals surface area contributed by atoms with Crippen molar-refractivity contribution in [1.29, 1.82) is 0 Å². The smallest absolute Gasteiger partial charge is 0.372 e. The van der Waals surface area contributed by atoms with Crippen LogP contribution in [0.2, 0.25) is 0 Å². The van der Waals surface area contributed by atoms with Crippen molar-refractivity contribution in [3.05, 3.63) is 47.3 Å². The van der Waals surface area contributed by atoms with Crippen molar-refractivity contribution in [3.8, 4) is 5.75 Å². The minimum Gasteiger partial charge on any atom is -0.497 e. The number of nitrogens with one attached hydrogen (secondary N) is 1. The van der Waals surface area contributed by atoms with E-state index in [1.807, 2.05) is 24.3 Å². The second-order valence-electron chi connectivity index (χ2n) is 4.63. The number of ether oxygens (including phenoxy) is 1. The Hall–Kier alpha value is -2.96. The summed E-state index contributed by atoms with van der Waals surface area (Å²) in [6, 6.07) is 8.93. The van der Waals surface area contributed by atoms with E-state index in [2.05, 4.69) is 10.2 Å². The Labute approximate surface area is 125 Å². The molecule has 114 valence electrons. The van der Waals surface area contributed by atoms with Crippen molar-refractivity contribution in [2.24, 2.45) is 0 Å². The van der Waals surface area contributed by atoms with Gasteiger partial charge in [0.25, 0.3) is 0 Å². The maximum Gasteiger partial charge on any atom is 0.372 e. The number of aromatic nitrogens is 2. The van der Waals surface area contributed by atoms with Crippen LogP contribution in [0, 0.1) is 0 Å². The van der Waals surface area contributed by atoms with Crippen molar-refractivity contribution in [1.82, 2.24) is 10.2 Å². The van der Waals surface area contributed by atoms with E-state index in [1.54, 1.807) is 7.11 Å². The number of carboxylic acids is 1. The summed E-state index contributed by atoms with van der Waals surface area (Å²) in [6.07, 6.45) is -0.167. The van der Waals surface area contributed by atoms with Gasteiger partial charge in [0.05, 0.1) is 13.5 Å². The molecule has 0 atom stereocenters. The Balaban J connectivity index is 2.02. The highest BCUT2D eigenvalue weighted by Gasteiger charge is 2.19. The molecule has 0 radical (unpaired) electrons. The van der Waals surface area contributed by atoms with Crippen LogP contribution >= 0.6 is 0 Å². The van der Waals surface area contributed by atoms with Crippen LogP contribution in [-0.4, -0.2) is 39.9 Å². The number of rotatable bonds is 7. The molecule has 0 unspecified atom stereocenters. The predicted octanol–water partition coefficient (Wildman–Crippen LogP) is 1.24. The molecular formula is C15H14N2O5. The average molecular weight is 302 g/mol. The molecule has 1 aromatic carbocycles. The van der Waals surface area contributed by atoms with Crippen LogP contribution in [0.3, 0.4) is 0 Å². The molecule has 2 rings (SSSR count). The van der Waals surface area contributed by atoms with E-state index in [0.717, 1.165) is 11.3 Å². The number of carboxylic acid groups (broad SMARTS) is 1. The molecule has 2 N–H and O–H groups in total. The second-order valence-corrected chi connectivity index (χ2v) is 4.63. The zero-order valence-corrected chi connectivity index (χ0v) is 11.8. The fraction of sp³-hybridized carbons (Fsp3) is 0.200. The molecule has 0 saturated carbocycles. The number of aliphatic carboxylic acids is 1. The molecule has 0 bridgehead atoms. The normalized spacial score (nSPS) is 10.2. The molecule has 0 aliphatic rings. The monoisotopic (exact) mass is 302 g/mol. The van der Waals surface area contributed by atoms with Gasteiger partial charge >= 0.3 is 5.97 Å². The highest BCUT2D eigenvalue weighted by Crippen LogP contribution is 2.14. The molecule has 1 aromatic heterocycles. The minimum absolute atomic E-state index is 0.0538. The van der Waals surface area contributed by atoms with Gasteiger partial charge in [0, 0.05) is 12.1 Å². The number of carbonyl (C=O) groups is 3. The van der Waals surface area contributed by atoms with Crippen LogP contribution in [-0.2, 0) is 16.0 Å². The molecule has 7 nitrogen and oxygen atoms in total. The molecular weight excluding hydrogens is 288 g/mol. The molecule has 0 fully saturated rings. The van der Waals surface area contributed by atoms with Crippen LogP contribution in [0.25, 0.3) is 0 Å². The molecule has 7 heteroatoms. The number of ketones is 2.